The zero-order valence-electron chi connectivity index (χ0n) is 14.4. The molecule has 0 aliphatic heterocycles. The summed E-state index contributed by atoms with van der Waals surface area (Å²) in [5.41, 5.74) is 2.33. The van der Waals surface area contributed by atoms with Gasteiger partial charge in [0.15, 0.2) is 17.1 Å². The van der Waals surface area contributed by atoms with Gasteiger partial charge in [-0.15, -0.1) is 10.2 Å². The normalized spacial score (nSPS) is 11.4. The third kappa shape index (κ3) is 2.79. The Balaban J connectivity index is 1.68. The molecule has 0 saturated heterocycles. The van der Waals surface area contributed by atoms with Gasteiger partial charge in [-0.2, -0.15) is 5.10 Å². The molecule has 0 atom stereocenters. The summed E-state index contributed by atoms with van der Waals surface area (Å²) in [4.78, 5) is 15.1. The molecule has 11 heteroatoms. The van der Waals surface area contributed by atoms with Crippen LogP contribution in [0.15, 0.2) is 55.0 Å². The Kier molecular flexibility index (Phi) is 3.93. The lowest BCUT2D eigenvalue weighted by Crippen LogP contribution is -1.99. The molecule has 5 rings (SSSR count). The van der Waals surface area contributed by atoms with Crippen molar-refractivity contribution in [2.45, 2.75) is 0 Å². The zero-order chi connectivity index (χ0) is 20.1. The average molecular weight is 426 g/mol. The summed E-state index contributed by atoms with van der Waals surface area (Å²) >= 11 is 12.1. The molecular formula is C18H9Cl2N7O2. The van der Waals surface area contributed by atoms with E-state index in [1.54, 1.807) is 51.9 Å². The van der Waals surface area contributed by atoms with Crippen molar-refractivity contribution in [1.29, 1.82) is 0 Å². The molecule has 0 spiro atoms. The second-order valence-corrected chi connectivity index (χ2v) is 6.98. The van der Waals surface area contributed by atoms with E-state index in [1.807, 2.05) is 0 Å². The minimum atomic E-state index is -0.454. The first kappa shape index (κ1) is 17.5. The zero-order valence-corrected chi connectivity index (χ0v) is 15.9. The van der Waals surface area contributed by atoms with Gasteiger partial charge in [0.2, 0.25) is 0 Å². The highest BCUT2D eigenvalue weighted by Crippen LogP contribution is 2.28. The van der Waals surface area contributed by atoms with Crippen molar-refractivity contribution >= 4 is 45.6 Å². The van der Waals surface area contributed by atoms with Crippen LogP contribution >= 0.6 is 23.2 Å². The summed E-state index contributed by atoms with van der Waals surface area (Å²) in [6.07, 6.45) is 3.19. The molecule has 0 amide bonds. The average Bonchev–Trinajstić information content (AvgIpc) is 3.34. The minimum absolute atomic E-state index is 0.0271. The fourth-order valence-corrected chi connectivity index (χ4v) is 3.37. The summed E-state index contributed by atoms with van der Waals surface area (Å²) in [6.45, 7) is 0. The molecule has 2 aromatic carbocycles. The van der Waals surface area contributed by atoms with E-state index in [4.69, 9.17) is 23.2 Å². The van der Waals surface area contributed by atoms with Gasteiger partial charge in [0.1, 0.15) is 6.33 Å². The Morgan fingerprint density at radius 1 is 1.00 bits per heavy atom. The van der Waals surface area contributed by atoms with E-state index in [2.05, 4.69) is 20.3 Å². The number of rotatable bonds is 3. The maximum Gasteiger partial charge on any atom is 0.270 e. The molecular weight excluding hydrogens is 417 g/mol. The lowest BCUT2D eigenvalue weighted by atomic mass is 10.2. The summed E-state index contributed by atoms with van der Waals surface area (Å²) in [6, 6.07) is 11.4. The predicted octanol–water partition coefficient (Wildman–Crippen LogP) is 4.35. The molecule has 3 aromatic heterocycles. The quantitative estimate of drug-likeness (QED) is 0.314. The highest BCUT2D eigenvalue weighted by molar-refractivity contribution is 6.42. The van der Waals surface area contributed by atoms with Crippen molar-refractivity contribution in [2.24, 2.45) is 0 Å². The topological polar surface area (TPSA) is 104 Å². The number of hydrogen-bond acceptors (Lipinski definition) is 6. The van der Waals surface area contributed by atoms with E-state index in [0.29, 0.717) is 43.8 Å². The smallest absolute Gasteiger partial charge is 0.265 e. The number of non-ortho nitro benzene ring substituents is 1. The Hall–Kier alpha value is -3.56. The second kappa shape index (κ2) is 6.50. The van der Waals surface area contributed by atoms with Crippen LogP contribution in [0.2, 0.25) is 10.0 Å². The van der Waals surface area contributed by atoms with Gasteiger partial charge in [0.05, 0.1) is 32.2 Å². The van der Waals surface area contributed by atoms with Crippen molar-refractivity contribution in [2.75, 3.05) is 0 Å². The minimum Gasteiger partial charge on any atom is -0.265 e. The van der Waals surface area contributed by atoms with Crippen molar-refractivity contribution < 1.29 is 4.92 Å². The van der Waals surface area contributed by atoms with Crippen LogP contribution in [0.3, 0.4) is 0 Å². The number of nitro groups is 1. The number of hydrogen-bond donors (Lipinski definition) is 0. The van der Waals surface area contributed by atoms with Gasteiger partial charge < -0.3 is 0 Å². The molecule has 0 radical (unpaired) electrons. The van der Waals surface area contributed by atoms with E-state index in [9.17, 15) is 10.1 Å². The summed E-state index contributed by atoms with van der Waals surface area (Å²) in [7, 11) is 0. The van der Waals surface area contributed by atoms with Crippen LogP contribution in [0.5, 0.6) is 0 Å². The molecule has 9 nitrogen and oxygen atoms in total. The Morgan fingerprint density at radius 2 is 1.86 bits per heavy atom. The second-order valence-electron chi connectivity index (χ2n) is 6.16. The molecule has 0 saturated carbocycles. The Bertz CT molecular complexity index is 1430. The van der Waals surface area contributed by atoms with Crippen LogP contribution in [0.4, 0.5) is 5.69 Å². The molecule has 0 fully saturated rings. The summed E-state index contributed by atoms with van der Waals surface area (Å²) < 4.78 is 3.29. The van der Waals surface area contributed by atoms with E-state index < -0.39 is 4.92 Å². The number of fused-ring (bicyclic) bond motifs is 3. The fraction of sp³-hybridized carbons (Fsp3) is 0. The van der Waals surface area contributed by atoms with Gasteiger partial charge in [-0.3, -0.25) is 14.5 Å². The van der Waals surface area contributed by atoms with Gasteiger partial charge in [-0.05, 0) is 18.2 Å². The first-order valence-corrected chi connectivity index (χ1v) is 9.06. The van der Waals surface area contributed by atoms with E-state index >= 15 is 0 Å². The standard InChI is InChI=1S/C18H9Cl2N7O2/c19-14-5-4-11(7-15(14)20)26-17-13(8-22-26)18-24-23-16(25(18)9-21-17)10-2-1-3-12(6-10)27(28)29/h1-9H. The Morgan fingerprint density at radius 3 is 2.66 bits per heavy atom. The van der Waals surface area contributed by atoms with Crippen molar-refractivity contribution in [3.05, 3.63) is 75.1 Å². The lowest BCUT2D eigenvalue weighted by Gasteiger charge is -2.05. The summed E-state index contributed by atoms with van der Waals surface area (Å²) in [5.74, 6) is 0.445. The summed E-state index contributed by atoms with van der Waals surface area (Å²) in [5, 5.41) is 25.4. The van der Waals surface area contributed by atoms with E-state index in [0.717, 1.165) is 0 Å². The Labute approximate surface area is 172 Å². The fourth-order valence-electron chi connectivity index (χ4n) is 3.08. The molecule has 142 valence electrons. The maximum absolute atomic E-state index is 11.1. The third-order valence-electron chi connectivity index (χ3n) is 4.44. The lowest BCUT2D eigenvalue weighted by molar-refractivity contribution is -0.384. The molecule has 0 aliphatic rings. The number of benzene rings is 2. The van der Waals surface area contributed by atoms with Gasteiger partial charge in [0, 0.05) is 17.7 Å². The van der Waals surface area contributed by atoms with Gasteiger partial charge >= 0.3 is 0 Å². The number of halogens is 2. The van der Waals surface area contributed by atoms with Gasteiger partial charge in [0.25, 0.3) is 5.69 Å². The van der Waals surface area contributed by atoms with Crippen LogP contribution in [0, 0.1) is 10.1 Å². The molecule has 0 N–H and O–H groups in total. The molecule has 0 bridgehead atoms. The largest absolute Gasteiger partial charge is 0.270 e. The van der Waals surface area contributed by atoms with Crippen LogP contribution in [0.25, 0.3) is 33.8 Å². The highest BCUT2D eigenvalue weighted by atomic mass is 35.5. The first-order chi connectivity index (χ1) is 14.0. The van der Waals surface area contributed by atoms with Gasteiger partial charge in [-0.1, -0.05) is 35.3 Å². The van der Waals surface area contributed by atoms with Crippen LogP contribution in [-0.2, 0) is 0 Å². The SMILES string of the molecule is O=[N+]([O-])c1cccc(-c2nnc3c4cnn(-c5ccc(Cl)c(Cl)c5)c4ncn23)c1. The molecule has 0 aliphatic carbocycles. The van der Waals surface area contributed by atoms with Crippen molar-refractivity contribution in [1.82, 2.24) is 29.4 Å². The number of nitro benzene ring substituents is 1. The van der Waals surface area contributed by atoms with Gasteiger partial charge in [-0.25, -0.2) is 9.67 Å². The molecule has 0 unspecified atom stereocenters. The molecule has 5 aromatic rings. The molecule has 29 heavy (non-hydrogen) atoms. The monoisotopic (exact) mass is 425 g/mol. The van der Waals surface area contributed by atoms with Crippen LogP contribution < -0.4 is 0 Å². The molecule has 3 heterocycles. The van der Waals surface area contributed by atoms with Crippen LogP contribution in [-0.4, -0.2) is 34.3 Å². The van der Waals surface area contributed by atoms with Crippen LogP contribution in [0.1, 0.15) is 0 Å². The third-order valence-corrected chi connectivity index (χ3v) is 5.18. The van der Waals surface area contributed by atoms with E-state index in [1.165, 1.54) is 12.1 Å². The predicted molar refractivity (Wildman–Crippen MR) is 108 cm³/mol. The van der Waals surface area contributed by atoms with E-state index in [-0.39, 0.29) is 5.69 Å². The maximum atomic E-state index is 11.1. The number of nitrogens with zero attached hydrogens (tertiary/aromatic N) is 7. The van der Waals surface area contributed by atoms with Crippen molar-refractivity contribution in [3.63, 3.8) is 0 Å². The number of aromatic nitrogens is 6. The highest BCUT2D eigenvalue weighted by Gasteiger charge is 2.17. The first-order valence-electron chi connectivity index (χ1n) is 8.30. The van der Waals surface area contributed by atoms with Crippen molar-refractivity contribution in [3.8, 4) is 17.1 Å².